The summed E-state index contributed by atoms with van der Waals surface area (Å²) in [6.45, 7) is 4.27. The third-order valence-electron chi connectivity index (χ3n) is 4.95. The maximum Gasteiger partial charge on any atom is 0.274 e. The van der Waals surface area contributed by atoms with Crippen LogP contribution in [0.15, 0.2) is 51.8 Å². The monoisotopic (exact) mass is 410 g/mol. The Morgan fingerprint density at radius 2 is 2.07 bits per heavy atom. The zero-order valence-corrected chi connectivity index (χ0v) is 17.3. The first kappa shape index (κ1) is 19.3. The first-order chi connectivity index (χ1) is 14.0. The number of aromatic nitrogens is 2. The van der Waals surface area contributed by atoms with Gasteiger partial charge in [0.25, 0.3) is 5.91 Å². The van der Waals surface area contributed by atoms with Gasteiger partial charge in [0.2, 0.25) is 5.91 Å². The molecule has 2 amide bonds. The molecular formula is C21H22N4O3S. The fraction of sp³-hybridized carbons (Fsp3) is 0.286. The molecule has 0 radical (unpaired) electrons. The number of furan rings is 1. The first-order valence-electron chi connectivity index (χ1n) is 9.34. The summed E-state index contributed by atoms with van der Waals surface area (Å²) in [6, 6.07) is 13.0. The quantitative estimate of drug-likeness (QED) is 0.665. The van der Waals surface area contributed by atoms with Crippen molar-refractivity contribution < 1.29 is 14.0 Å². The van der Waals surface area contributed by atoms with E-state index in [-0.39, 0.29) is 30.1 Å². The number of nitrogens with one attached hydrogen (secondary N) is 1. The second kappa shape index (κ2) is 7.79. The number of hydrogen-bond donors (Lipinski definition) is 1. The predicted octanol–water partition coefficient (Wildman–Crippen LogP) is 3.58. The Morgan fingerprint density at radius 1 is 1.28 bits per heavy atom. The molecule has 0 unspecified atom stereocenters. The topological polar surface area (TPSA) is 82.4 Å². The summed E-state index contributed by atoms with van der Waals surface area (Å²) in [5.74, 6) is 1.03. The van der Waals surface area contributed by atoms with Gasteiger partial charge < -0.3 is 14.2 Å². The highest BCUT2D eigenvalue weighted by molar-refractivity contribution is 7.98. The fourth-order valence-corrected chi connectivity index (χ4v) is 4.19. The Hall–Kier alpha value is -3.00. The van der Waals surface area contributed by atoms with Gasteiger partial charge in [0, 0.05) is 17.5 Å². The number of amides is 2. The number of hydrogen-bond acceptors (Lipinski definition) is 5. The van der Waals surface area contributed by atoms with Crippen LogP contribution in [0.4, 0.5) is 5.69 Å². The van der Waals surface area contributed by atoms with Crippen LogP contribution in [0.25, 0.3) is 11.5 Å². The molecular weight excluding hydrogens is 388 g/mol. The molecule has 29 heavy (non-hydrogen) atoms. The van der Waals surface area contributed by atoms with Crippen molar-refractivity contribution in [3.63, 3.8) is 0 Å². The minimum Gasteiger partial charge on any atom is -0.460 e. The molecule has 3 aromatic rings. The fourth-order valence-electron chi connectivity index (χ4n) is 3.60. The largest absolute Gasteiger partial charge is 0.460 e. The second-order valence-corrected chi connectivity index (χ2v) is 7.90. The number of carbonyl (C=O) groups excluding carboxylic acids is 2. The summed E-state index contributed by atoms with van der Waals surface area (Å²) < 4.78 is 5.57. The molecule has 7 nitrogen and oxygen atoms in total. The van der Waals surface area contributed by atoms with E-state index in [1.165, 1.54) is 0 Å². The van der Waals surface area contributed by atoms with Crippen molar-refractivity contribution >= 4 is 29.3 Å². The molecule has 1 fully saturated rings. The molecule has 0 bridgehead atoms. The van der Waals surface area contributed by atoms with Crippen molar-refractivity contribution in [1.82, 2.24) is 15.1 Å². The van der Waals surface area contributed by atoms with Gasteiger partial charge in [-0.2, -0.15) is 5.10 Å². The highest BCUT2D eigenvalue weighted by Crippen LogP contribution is 2.31. The molecule has 4 rings (SSSR count). The van der Waals surface area contributed by atoms with Gasteiger partial charge in [0.15, 0.2) is 11.5 Å². The van der Waals surface area contributed by atoms with Crippen LogP contribution in [-0.2, 0) is 4.79 Å². The summed E-state index contributed by atoms with van der Waals surface area (Å²) in [5, 5.41) is 6.97. The van der Waals surface area contributed by atoms with Crippen LogP contribution in [0, 0.1) is 6.92 Å². The van der Waals surface area contributed by atoms with Gasteiger partial charge in [-0.05, 0) is 44.4 Å². The summed E-state index contributed by atoms with van der Waals surface area (Å²) >= 11 is 1.60. The van der Waals surface area contributed by atoms with Crippen molar-refractivity contribution in [2.24, 2.45) is 0 Å². The Morgan fingerprint density at radius 3 is 2.76 bits per heavy atom. The summed E-state index contributed by atoms with van der Waals surface area (Å²) in [6.07, 6.45) is 1.99. The van der Waals surface area contributed by atoms with Gasteiger partial charge in [0.1, 0.15) is 18.0 Å². The molecule has 1 aliphatic heterocycles. The maximum absolute atomic E-state index is 12.9. The third-order valence-corrected chi connectivity index (χ3v) is 5.74. The molecule has 0 aliphatic carbocycles. The maximum atomic E-state index is 12.9. The summed E-state index contributed by atoms with van der Waals surface area (Å²) in [4.78, 5) is 30.3. The molecule has 1 N–H and O–H groups in total. The number of benzene rings is 1. The number of aromatic amines is 1. The van der Waals surface area contributed by atoms with Crippen LogP contribution in [0.1, 0.15) is 23.2 Å². The zero-order valence-electron chi connectivity index (χ0n) is 16.5. The van der Waals surface area contributed by atoms with E-state index in [0.29, 0.717) is 18.0 Å². The first-order valence-corrected chi connectivity index (χ1v) is 10.6. The molecule has 150 valence electrons. The van der Waals surface area contributed by atoms with Crippen LogP contribution in [0.2, 0.25) is 0 Å². The van der Waals surface area contributed by atoms with Gasteiger partial charge in [0.05, 0.1) is 11.7 Å². The van der Waals surface area contributed by atoms with Crippen LogP contribution in [-0.4, -0.2) is 52.3 Å². The average molecular weight is 410 g/mol. The lowest BCUT2D eigenvalue weighted by atomic mass is 10.1. The predicted molar refractivity (Wildman–Crippen MR) is 112 cm³/mol. The lowest BCUT2D eigenvalue weighted by Crippen LogP contribution is -2.57. The molecule has 1 atom stereocenters. The Bertz CT molecular complexity index is 1060. The number of thioether (sulfide) groups is 1. The van der Waals surface area contributed by atoms with Gasteiger partial charge >= 0.3 is 0 Å². The lowest BCUT2D eigenvalue weighted by Gasteiger charge is -2.39. The Kier molecular flexibility index (Phi) is 5.19. The van der Waals surface area contributed by atoms with Crippen LogP contribution in [0.3, 0.4) is 0 Å². The number of nitrogens with zero attached hydrogens (tertiary/aromatic N) is 3. The van der Waals surface area contributed by atoms with Crippen molar-refractivity contribution in [2.45, 2.75) is 24.8 Å². The molecule has 3 heterocycles. The zero-order chi connectivity index (χ0) is 20.5. The number of para-hydroxylation sites is 1. The highest BCUT2D eigenvalue weighted by atomic mass is 32.2. The molecule has 8 heteroatoms. The molecule has 0 saturated carbocycles. The number of rotatable bonds is 4. The van der Waals surface area contributed by atoms with Gasteiger partial charge in [-0.3, -0.25) is 14.7 Å². The number of H-pyrrole nitrogens is 1. The summed E-state index contributed by atoms with van der Waals surface area (Å²) in [5.41, 5.74) is 1.79. The van der Waals surface area contributed by atoms with E-state index in [2.05, 4.69) is 10.2 Å². The van der Waals surface area contributed by atoms with Gasteiger partial charge in [-0.1, -0.05) is 12.1 Å². The van der Waals surface area contributed by atoms with E-state index in [0.717, 1.165) is 16.3 Å². The highest BCUT2D eigenvalue weighted by Gasteiger charge is 2.35. The average Bonchev–Trinajstić information content (AvgIpc) is 3.36. The van der Waals surface area contributed by atoms with E-state index in [1.54, 1.807) is 27.6 Å². The van der Waals surface area contributed by atoms with Crippen molar-refractivity contribution in [3.8, 4) is 11.5 Å². The molecule has 1 saturated heterocycles. The van der Waals surface area contributed by atoms with E-state index >= 15 is 0 Å². The number of anilines is 1. The van der Waals surface area contributed by atoms with E-state index in [1.807, 2.05) is 56.5 Å². The third kappa shape index (κ3) is 3.67. The molecule has 0 spiro atoms. The van der Waals surface area contributed by atoms with E-state index in [4.69, 9.17) is 4.42 Å². The van der Waals surface area contributed by atoms with Crippen molar-refractivity contribution in [3.05, 3.63) is 53.9 Å². The van der Waals surface area contributed by atoms with Crippen LogP contribution < -0.4 is 4.90 Å². The molecule has 1 aromatic carbocycles. The minimum atomic E-state index is -0.270. The number of carbonyl (C=O) groups is 2. The van der Waals surface area contributed by atoms with Crippen molar-refractivity contribution in [2.75, 3.05) is 24.2 Å². The van der Waals surface area contributed by atoms with Gasteiger partial charge in [-0.15, -0.1) is 11.8 Å². The van der Waals surface area contributed by atoms with Crippen molar-refractivity contribution in [1.29, 1.82) is 0 Å². The smallest absolute Gasteiger partial charge is 0.274 e. The lowest BCUT2D eigenvalue weighted by molar-refractivity contribution is -0.121. The standard InChI is InChI=1S/C21H22N4O3S/c1-13-11-24(12-20(26)25(13)17-6-4-5-7-19(17)29-3)21(27)16-10-15(22-23-16)18-9-8-14(2)28-18/h4-10,13H,11-12H2,1-3H3,(H,22,23)/t13-/m1/s1. The summed E-state index contributed by atoms with van der Waals surface area (Å²) in [7, 11) is 0. The normalized spacial score (nSPS) is 17.1. The molecule has 1 aliphatic rings. The second-order valence-electron chi connectivity index (χ2n) is 7.05. The van der Waals surface area contributed by atoms with E-state index in [9.17, 15) is 9.59 Å². The van der Waals surface area contributed by atoms with Crippen LogP contribution >= 0.6 is 11.8 Å². The van der Waals surface area contributed by atoms with E-state index < -0.39 is 0 Å². The van der Waals surface area contributed by atoms with Crippen LogP contribution in [0.5, 0.6) is 0 Å². The number of aryl methyl sites for hydroxylation is 1. The SMILES string of the molecule is CSc1ccccc1N1C(=O)CN(C(=O)c2cc(-c3ccc(C)o3)[nH]n2)C[C@H]1C. The van der Waals surface area contributed by atoms with Gasteiger partial charge in [-0.25, -0.2) is 0 Å². The number of piperazine rings is 1. The Balaban J connectivity index is 1.52. The molecule has 2 aromatic heterocycles. The Labute approximate surface area is 173 Å². The minimum absolute atomic E-state index is 0.0218.